The maximum Gasteiger partial charge on any atom is 0.313 e. The normalized spacial score (nSPS) is 14.5. The molecule has 0 aliphatic carbocycles. The average molecular weight is 649 g/mol. The number of benzene rings is 3. The van der Waals surface area contributed by atoms with Crippen molar-refractivity contribution in [1.82, 2.24) is 9.21 Å². The summed E-state index contributed by atoms with van der Waals surface area (Å²) in [6, 6.07) is 16.5. The van der Waals surface area contributed by atoms with Crippen LogP contribution in [0.2, 0.25) is 0 Å². The van der Waals surface area contributed by atoms with Crippen LogP contribution >= 0.6 is 31.9 Å². The SMILES string of the molecule is Cc1cc(C)c(-c2ccccc2NC(=O)C(=O)N2CCN(S(=O)(=O)c3cc(Br)ccc3Br)CC2)c(C)c1. The van der Waals surface area contributed by atoms with Crippen LogP contribution in [0.1, 0.15) is 16.7 Å². The number of sulfonamides is 1. The predicted octanol–water partition coefficient (Wildman–Crippen LogP) is 5.28. The summed E-state index contributed by atoms with van der Waals surface area (Å²) in [6.07, 6.45) is 0. The molecule has 3 aromatic rings. The summed E-state index contributed by atoms with van der Waals surface area (Å²) >= 11 is 6.62. The van der Waals surface area contributed by atoms with Crippen molar-refractivity contribution in [2.45, 2.75) is 25.7 Å². The standard InChI is InChI=1S/C27H27Br2N3O4S/c1-17-14-18(2)25(19(3)15-17)21-6-4-5-7-23(21)30-26(33)27(34)31-10-12-32(13-11-31)37(35,36)24-16-20(28)8-9-22(24)29/h4-9,14-16H,10-13H2,1-3H3,(H,30,33). The number of halogens is 2. The molecule has 194 valence electrons. The Morgan fingerprint density at radius 2 is 1.49 bits per heavy atom. The number of anilines is 1. The van der Waals surface area contributed by atoms with Crippen LogP contribution in [0, 0.1) is 20.8 Å². The van der Waals surface area contributed by atoms with Crippen molar-refractivity contribution in [1.29, 1.82) is 0 Å². The summed E-state index contributed by atoms with van der Waals surface area (Å²) in [7, 11) is -3.76. The van der Waals surface area contributed by atoms with Gasteiger partial charge in [0, 0.05) is 46.4 Å². The van der Waals surface area contributed by atoms with Gasteiger partial charge in [-0.2, -0.15) is 4.31 Å². The number of hydrogen-bond donors (Lipinski definition) is 1. The maximum absolute atomic E-state index is 13.2. The zero-order chi connectivity index (χ0) is 26.9. The smallest absolute Gasteiger partial charge is 0.313 e. The highest BCUT2D eigenvalue weighted by atomic mass is 79.9. The van der Waals surface area contributed by atoms with Gasteiger partial charge < -0.3 is 10.2 Å². The first-order valence-electron chi connectivity index (χ1n) is 11.7. The summed E-state index contributed by atoms with van der Waals surface area (Å²) in [5.74, 6) is -1.44. The molecule has 0 spiro atoms. The monoisotopic (exact) mass is 647 g/mol. The number of rotatable bonds is 4. The van der Waals surface area contributed by atoms with Crippen molar-refractivity contribution in [3.05, 3.63) is 80.2 Å². The zero-order valence-corrected chi connectivity index (χ0v) is 24.7. The number of para-hydroxylation sites is 1. The molecule has 37 heavy (non-hydrogen) atoms. The summed E-state index contributed by atoms with van der Waals surface area (Å²) in [5.41, 5.74) is 5.74. The van der Waals surface area contributed by atoms with Crippen LogP contribution < -0.4 is 5.32 Å². The lowest BCUT2D eigenvalue weighted by Crippen LogP contribution is -2.52. The van der Waals surface area contributed by atoms with E-state index in [9.17, 15) is 18.0 Å². The number of amides is 2. The van der Waals surface area contributed by atoms with E-state index in [2.05, 4.69) is 49.3 Å². The van der Waals surface area contributed by atoms with E-state index in [-0.39, 0.29) is 31.1 Å². The van der Waals surface area contributed by atoms with Crippen molar-refractivity contribution >= 4 is 59.4 Å². The quantitative estimate of drug-likeness (QED) is 0.391. The largest absolute Gasteiger partial charge is 0.332 e. The molecule has 7 nitrogen and oxygen atoms in total. The topological polar surface area (TPSA) is 86.8 Å². The molecule has 1 heterocycles. The number of carbonyl (C=O) groups is 2. The first kappa shape index (κ1) is 27.5. The Labute approximate surface area is 234 Å². The molecule has 0 unspecified atom stereocenters. The third kappa shape index (κ3) is 5.82. The van der Waals surface area contributed by atoms with Gasteiger partial charge in [0.15, 0.2) is 0 Å². The summed E-state index contributed by atoms with van der Waals surface area (Å²) < 4.78 is 28.8. The molecule has 1 fully saturated rings. The van der Waals surface area contributed by atoms with Gasteiger partial charge in [0.05, 0.1) is 4.90 Å². The van der Waals surface area contributed by atoms with Crippen LogP contribution in [-0.2, 0) is 19.6 Å². The second kappa shape index (κ2) is 11.1. The predicted molar refractivity (Wildman–Crippen MR) is 152 cm³/mol. The van der Waals surface area contributed by atoms with Crippen molar-refractivity contribution in [2.24, 2.45) is 0 Å². The number of hydrogen-bond acceptors (Lipinski definition) is 4. The molecule has 0 bridgehead atoms. The van der Waals surface area contributed by atoms with Crippen LogP contribution in [0.15, 0.2) is 68.4 Å². The van der Waals surface area contributed by atoms with Crippen LogP contribution in [0.3, 0.4) is 0 Å². The first-order valence-corrected chi connectivity index (χ1v) is 14.7. The van der Waals surface area contributed by atoms with Crippen molar-refractivity contribution in [3.63, 3.8) is 0 Å². The lowest BCUT2D eigenvalue weighted by molar-refractivity contribution is -0.143. The summed E-state index contributed by atoms with van der Waals surface area (Å²) in [4.78, 5) is 27.5. The Kier molecular flexibility index (Phi) is 8.23. The minimum Gasteiger partial charge on any atom is -0.332 e. The van der Waals surface area contributed by atoms with Crippen LogP contribution in [0.4, 0.5) is 5.69 Å². The second-order valence-corrected chi connectivity index (χ2v) is 12.7. The molecule has 1 aliphatic rings. The van der Waals surface area contributed by atoms with E-state index in [0.717, 1.165) is 27.8 Å². The molecule has 4 rings (SSSR count). The number of piperazine rings is 1. The van der Waals surface area contributed by atoms with E-state index in [0.29, 0.717) is 14.6 Å². The van der Waals surface area contributed by atoms with Gasteiger partial charge >= 0.3 is 11.8 Å². The van der Waals surface area contributed by atoms with Gasteiger partial charge in [-0.1, -0.05) is 51.8 Å². The molecular weight excluding hydrogens is 622 g/mol. The fourth-order valence-corrected chi connectivity index (χ4v) is 7.57. The Hall–Kier alpha value is -2.53. The highest BCUT2D eigenvalue weighted by Crippen LogP contribution is 2.34. The number of carbonyl (C=O) groups excluding carboxylic acids is 2. The lowest BCUT2D eigenvalue weighted by atomic mass is 9.93. The molecule has 0 radical (unpaired) electrons. The van der Waals surface area contributed by atoms with Gasteiger partial charge in [-0.05, 0) is 77.7 Å². The molecule has 10 heteroatoms. The Morgan fingerprint density at radius 1 is 0.865 bits per heavy atom. The van der Waals surface area contributed by atoms with Crippen molar-refractivity contribution in [2.75, 3.05) is 31.5 Å². The average Bonchev–Trinajstić information content (AvgIpc) is 2.85. The molecule has 1 saturated heterocycles. The Bertz CT molecular complexity index is 1460. The third-order valence-electron chi connectivity index (χ3n) is 6.35. The van der Waals surface area contributed by atoms with Crippen LogP contribution in [0.5, 0.6) is 0 Å². The molecule has 1 aliphatic heterocycles. The highest BCUT2D eigenvalue weighted by Gasteiger charge is 2.33. The van der Waals surface area contributed by atoms with Crippen molar-refractivity contribution in [3.8, 4) is 11.1 Å². The zero-order valence-electron chi connectivity index (χ0n) is 20.7. The summed E-state index contributed by atoms with van der Waals surface area (Å²) in [6.45, 7) is 6.53. The van der Waals surface area contributed by atoms with Gasteiger partial charge in [0.1, 0.15) is 0 Å². The number of nitrogens with zero attached hydrogens (tertiary/aromatic N) is 2. The minimum absolute atomic E-state index is 0.0959. The summed E-state index contributed by atoms with van der Waals surface area (Å²) in [5, 5.41) is 2.78. The van der Waals surface area contributed by atoms with E-state index in [1.807, 2.05) is 39.0 Å². The molecule has 0 atom stereocenters. The van der Waals surface area contributed by atoms with E-state index < -0.39 is 21.8 Å². The first-order chi connectivity index (χ1) is 17.5. The van der Waals surface area contributed by atoms with Crippen LogP contribution in [0.25, 0.3) is 11.1 Å². The van der Waals surface area contributed by atoms with E-state index in [4.69, 9.17) is 0 Å². The van der Waals surface area contributed by atoms with Gasteiger partial charge in [-0.25, -0.2) is 8.42 Å². The van der Waals surface area contributed by atoms with Crippen LogP contribution in [-0.4, -0.2) is 55.6 Å². The molecule has 2 amide bonds. The van der Waals surface area contributed by atoms with Crippen molar-refractivity contribution < 1.29 is 18.0 Å². The molecular formula is C27H27Br2N3O4S. The second-order valence-electron chi connectivity index (χ2n) is 9.04. The molecule has 1 N–H and O–H groups in total. The molecule has 0 aromatic heterocycles. The Morgan fingerprint density at radius 3 is 2.14 bits per heavy atom. The molecule has 3 aromatic carbocycles. The Balaban J connectivity index is 1.47. The number of nitrogens with one attached hydrogen (secondary N) is 1. The maximum atomic E-state index is 13.2. The fourth-order valence-electron chi connectivity index (χ4n) is 4.68. The van der Waals surface area contributed by atoms with E-state index in [1.54, 1.807) is 24.3 Å². The fraction of sp³-hybridized carbons (Fsp3) is 0.259. The van der Waals surface area contributed by atoms with Gasteiger partial charge in [0.2, 0.25) is 10.0 Å². The van der Waals surface area contributed by atoms with Gasteiger partial charge in [0.25, 0.3) is 0 Å². The molecule has 0 saturated carbocycles. The highest BCUT2D eigenvalue weighted by molar-refractivity contribution is 9.11. The number of aryl methyl sites for hydroxylation is 3. The lowest BCUT2D eigenvalue weighted by Gasteiger charge is -2.33. The van der Waals surface area contributed by atoms with E-state index >= 15 is 0 Å². The van der Waals surface area contributed by atoms with E-state index in [1.165, 1.54) is 9.21 Å². The van der Waals surface area contributed by atoms with Gasteiger partial charge in [-0.15, -0.1) is 0 Å². The van der Waals surface area contributed by atoms with Gasteiger partial charge in [-0.3, -0.25) is 9.59 Å². The minimum atomic E-state index is -3.76. The third-order valence-corrected chi connectivity index (χ3v) is 9.74.